The van der Waals surface area contributed by atoms with Crippen LogP contribution in [0.25, 0.3) is 10.1 Å². The van der Waals surface area contributed by atoms with Gasteiger partial charge in [0.1, 0.15) is 4.88 Å². The van der Waals surface area contributed by atoms with Crippen LogP contribution < -0.4 is 5.32 Å². The molecule has 0 saturated heterocycles. The van der Waals surface area contributed by atoms with Crippen LogP contribution in [0.4, 0.5) is 5.69 Å². The quantitative estimate of drug-likeness (QED) is 0.655. The summed E-state index contributed by atoms with van der Waals surface area (Å²) in [4.78, 5) is 22.4. The van der Waals surface area contributed by atoms with Crippen molar-refractivity contribution in [3.8, 4) is 0 Å². The zero-order chi connectivity index (χ0) is 11.5. The smallest absolute Gasteiger partial charge is 0.350 e. The zero-order valence-electron chi connectivity index (χ0n) is 8.52. The Labute approximate surface area is 95.8 Å². The lowest BCUT2D eigenvalue weighted by Gasteiger charge is -2.00. The summed E-state index contributed by atoms with van der Waals surface area (Å²) in [5.41, 5.74) is 0.516. The van der Waals surface area contributed by atoms with Gasteiger partial charge in [0.2, 0.25) is 6.41 Å². The fourth-order valence-electron chi connectivity index (χ4n) is 1.48. The van der Waals surface area contributed by atoms with E-state index in [9.17, 15) is 9.59 Å². The van der Waals surface area contributed by atoms with Crippen molar-refractivity contribution in [2.75, 3.05) is 12.4 Å². The number of benzene rings is 1. The van der Waals surface area contributed by atoms with Crippen LogP contribution in [-0.2, 0) is 9.53 Å². The highest BCUT2D eigenvalue weighted by molar-refractivity contribution is 7.21. The summed E-state index contributed by atoms with van der Waals surface area (Å²) in [6, 6.07) is 7.48. The molecule has 1 aromatic heterocycles. The third-order valence-corrected chi connectivity index (χ3v) is 3.32. The Hall–Kier alpha value is -1.88. The molecule has 5 heteroatoms. The third kappa shape index (κ3) is 1.65. The minimum atomic E-state index is -0.439. The topological polar surface area (TPSA) is 55.4 Å². The van der Waals surface area contributed by atoms with Gasteiger partial charge >= 0.3 is 5.97 Å². The van der Waals surface area contributed by atoms with Crippen LogP contribution in [0.3, 0.4) is 0 Å². The van der Waals surface area contributed by atoms with Crippen molar-refractivity contribution in [2.24, 2.45) is 0 Å². The molecule has 1 amide bonds. The Morgan fingerprint density at radius 2 is 2.19 bits per heavy atom. The number of hydrogen-bond acceptors (Lipinski definition) is 4. The Kier molecular flexibility index (Phi) is 2.87. The molecular formula is C11H9NO3S. The summed E-state index contributed by atoms with van der Waals surface area (Å²) < 4.78 is 5.61. The summed E-state index contributed by atoms with van der Waals surface area (Å²) in [6.45, 7) is 0. The lowest BCUT2D eigenvalue weighted by Crippen LogP contribution is -2.03. The van der Waals surface area contributed by atoms with Crippen LogP contribution >= 0.6 is 11.3 Å². The fourth-order valence-corrected chi connectivity index (χ4v) is 2.57. The molecule has 0 fully saturated rings. The van der Waals surface area contributed by atoms with Gasteiger partial charge in [0, 0.05) is 10.1 Å². The molecule has 4 nitrogen and oxygen atoms in total. The number of nitrogens with one attached hydrogen (secondary N) is 1. The maximum atomic E-state index is 11.5. The van der Waals surface area contributed by atoms with Crippen LogP contribution in [0, 0.1) is 0 Å². The lowest BCUT2D eigenvalue weighted by atomic mass is 10.2. The molecule has 1 heterocycles. The number of carbonyl (C=O) groups excluding carboxylic acids is 2. The van der Waals surface area contributed by atoms with Crippen molar-refractivity contribution in [3.63, 3.8) is 0 Å². The molecule has 0 unspecified atom stereocenters. The van der Waals surface area contributed by atoms with Gasteiger partial charge < -0.3 is 10.1 Å². The summed E-state index contributed by atoms with van der Waals surface area (Å²) >= 11 is 1.30. The largest absolute Gasteiger partial charge is 0.465 e. The number of anilines is 1. The molecule has 0 bridgehead atoms. The second kappa shape index (κ2) is 4.32. The SMILES string of the molecule is COC(=O)c1sc2ccccc2c1NC=O. The molecule has 0 aliphatic rings. The predicted octanol–water partition coefficient (Wildman–Crippen LogP) is 2.26. The highest BCUT2D eigenvalue weighted by atomic mass is 32.1. The van der Waals surface area contributed by atoms with Crippen molar-refractivity contribution in [1.29, 1.82) is 0 Å². The number of fused-ring (bicyclic) bond motifs is 1. The Balaban J connectivity index is 2.67. The molecular weight excluding hydrogens is 226 g/mol. The van der Waals surface area contributed by atoms with Gasteiger partial charge in [0.05, 0.1) is 12.8 Å². The first-order chi connectivity index (χ1) is 7.77. The van der Waals surface area contributed by atoms with Gasteiger partial charge in [-0.2, -0.15) is 0 Å². The van der Waals surface area contributed by atoms with E-state index in [1.165, 1.54) is 18.4 Å². The van der Waals surface area contributed by atoms with Crippen LogP contribution in [0.15, 0.2) is 24.3 Å². The summed E-state index contributed by atoms with van der Waals surface area (Å²) in [6.07, 6.45) is 0.556. The average Bonchev–Trinajstić information content (AvgIpc) is 2.68. The normalized spacial score (nSPS) is 10.1. The maximum Gasteiger partial charge on any atom is 0.350 e. The van der Waals surface area contributed by atoms with Gasteiger partial charge in [-0.3, -0.25) is 4.79 Å². The molecule has 1 aromatic carbocycles. The van der Waals surface area contributed by atoms with Crippen molar-refractivity contribution < 1.29 is 14.3 Å². The minimum absolute atomic E-state index is 0.413. The van der Waals surface area contributed by atoms with E-state index in [1.54, 1.807) is 0 Å². The van der Waals surface area contributed by atoms with Crippen LogP contribution in [-0.4, -0.2) is 19.5 Å². The average molecular weight is 235 g/mol. The highest BCUT2D eigenvalue weighted by Gasteiger charge is 2.18. The number of thiophene rings is 1. The van der Waals surface area contributed by atoms with Gasteiger partial charge in [-0.05, 0) is 6.07 Å². The summed E-state index contributed by atoms with van der Waals surface area (Å²) in [5.74, 6) is -0.439. The molecule has 16 heavy (non-hydrogen) atoms. The molecule has 0 atom stereocenters. The molecule has 0 saturated carbocycles. The number of amides is 1. The van der Waals surface area contributed by atoms with E-state index in [1.807, 2.05) is 24.3 Å². The number of hydrogen-bond donors (Lipinski definition) is 1. The monoisotopic (exact) mass is 235 g/mol. The van der Waals surface area contributed by atoms with Crippen molar-refractivity contribution >= 4 is 39.5 Å². The number of rotatable bonds is 3. The van der Waals surface area contributed by atoms with E-state index in [-0.39, 0.29) is 0 Å². The molecule has 1 N–H and O–H groups in total. The minimum Gasteiger partial charge on any atom is -0.465 e. The number of ether oxygens (including phenoxy) is 1. The Morgan fingerprint density at radius 1 is 1.44 bits per heavy atom. The second-order valence-electron chi connectivity index (χ2n) is 3.06. The Morgan fingerprint density at radius 3 is 2.88 bits per heavy atom. The van der Waals surface area contributed by atoms with E-state index in [2.05, 4.69) is 10.1 Å². The van der Waals surface area contributed by atoms with E-state index < -0.39 is 5.97 Å². The van der Waals surface area contributed by atoms with Crippen LogP contribution in [0.1, 0.15) is 9.67 Å². The maximum absolute atomic E-state index is 11.5. The van der Waals surface area contributed by atoms with Crippen molar-refractivity contribution in [3.05, 3.63) is 29.1 Å². The van der Waals surface area contributed by atoms with Crippen LogP contribution in [0.2, 0.25) is 0 Å². The van der Waals surface area contributed by atoms with E-state index in [0.717, 1.165) is 10.1 Å². The van der Waals surface area contributed by atoms with E-state index in [4.69, 9.17) is 0 Å². The van der Waals surface area contributed by atoms with Gasteiger partial charge in [0.15, 0.2) is 0 Å². The molecule has 82 valence electrons. The first kappa shape index (κ1) is 10.6. The molecule has 2 aromatic rings. The second-order valence-corrected chi connectivity index (χ2v) is 4.11. The van der Waals surface area contributed by atoms with Crippen molar-refractivity contribution in [2.45, 2.75) is 0 Å². The molecule has 0 aliphatic carbocycles. The third-order valence-electron chi connectivity index (χ3n) is 2.17. The fraction of sp³-hybridized carbons (Fsp3) is 0.0909. The van der Waals surface area contributed by atoms with Gasteiger partial charge in [-0.1, -0.05) is 18.2 Å². The standard InChI is InChI=1S/C11H9NO3S/c1-15-11(14)10-9(12-6-13)7-4-2-3-5-8(7)16-10/h2-6H,1H3,(H,12,13). The van der Waals surface area contributed by atoms with Gasteiger partial charge in [-0.25, -0.2) is 4.79 Å². The number of methoxy groups -OCH3 is 1. The van der Waals surface area contributed by atoms with Crippen molar-refractivity contribution in [1.82, 2.24) is 0 Å². The van der Waals surface area contributed by atoms with Crippen LogP contribution in [0.5, 0.6) is 0 Å². The summed E-state index contributed by atoms with van der Waals surface area (Å²) in [7, 11) is 1.32. The molecule has 2 rings (SSSR count). The highest BCUT2D eigenvalue weighted by Crippen LogP contribution is 2.35. The zero-order valence-corrected chi connectivity index (χ0v) is 9.34. The lowest BCUT2D eigenvalue weighted by molar-refractivity contribution is -0.105. The number of carbonyl (C=O) groups is 2. The van der Waals surface area contributed by atoms with E-state index >= 15 is 0 Å². The van der Waals surface area contributed by atoms with E-state index in [0.29, 0.717) is 17.0 Å². The molecule has 0 spiro atoms. The first-order valence-electron chi connectivity index (χ1n) is 4.58. The first-order valence-corrected chi connectivity index (χ1v) is 5.39. The molecule has 0 aliphatic heterocycles. The summed E-state index contributed by atoms with van der Waals surface area (Å²) in [5, 5.41) is 3.39. The van der Waals surface area contributed by atoms with Gasteiger partial charge in [-0.15, -0.1) is 11.3 Å². The molecule has 0 radical (unpaired) electrons. The predicted molar refractivity (Wildman–Crippen MR) is 62.9 cm³/mol. The Bertz CT molecular complexity index is 547. The number of esters is 1. The van der Waals surface area contributed by atoms with Gasteiger partial charge in [0.25, 0.3) is 0 Å².